The highest BCUT2D eigenvalue weighted by atomic mass is 28.3. The molecule has 0 radical (unpaired) electrons. The number of allylic oxidation sites excluding steroid dienone is 2. The van der Waals surface area contributed by atoms with Gasteiger partial charge in [-0.05, 0) is 19.3 Å². The second kappa shape index (κ2) is 6.29. The molecule has 0 saturated heterocycles. The van der Waals surface area contributed by atoms with E-state index in [9.17, 15) is 0 Å². The zero-order valence-corrected chi connectivity index (χ0v) is 12.1. The lowest BCUT2D eigenvalue weighted by Gasteiger charge is -2.18. The Bertz CT molecular complexity index is 244. The monoisotopic (exact) mass is 226 g/mol. The summed E-state index contributed by atoms with van der Waals surface area (Å²) in [5.41, 5.74) is 5.27. The molecular weight excluding hydrogens is 200 g/mol. The van der Waals surface area contributed by atoms with Gasteiger partial charge < -0.3 is 5.11 Å². The third kappa shape index (κ3) is 6.69. The Morgan fingerprint density at radius 1 is 1.27 bits per heavy atom. The van der Waals surface area contributed by atoms with Crippen molar-refractivity contribution in [3.05, 3.63) is 22.9 Å². The molecule has 0 aromatic carbocycles. The van der Waals surface area contributed by atoms with E-state index >= 15 is 0 Å². The Morgan fingerprint density at radius 3 is 2.13 bits per heavy atom. The van der Waals surface area contributed by atoms with Crippen LogP contribution in [0.15, 0.2) is 22.9 Å². The van der Waals surface area contributed by atoms with Crippen LogP contribution >= 0.6 is 0 Å². The van der Waals surface area contributed by atoms with Gasteiger partial charge in [0.05, 0.1) is 8.07 Å². The van der Waals surface area contributed by atoms with Crippen LogP contribution in [0.2, 0.25) is 19.6 Å². The Balaban J connectivity index is 4.91. The molecular formula is C13H26OSi. The third-order valence-electron chi connectivity index (χ3n) is 2.25. The van der Waals surface area contributed by atoms with Crippen LogP contribution in [-0.4, -0.2) is 19.8 Å². The van der Waals surface area contributed by atoms with Gasteiger partial charge in [-0.25, -0.2) is 0 Å². The number of hydrogen-bond donors (Lipinski definition) is 1. The predicted octanol–water partition coefficient (Wildman–Crippen LogP) is 3.77. The van der Waals surface area contributed by atoms with E-state index < -0.39 is 8.07 Å². The van der Waals surface area contributed by atoms with Gasteiger partial charge in [0, 0.05) is 6.61 Å². The average Bonchev–Trinajstić information content (AvgIpc) is 2.08. The molecule has 88 valence electrons. The SMILES string of the molecule is CC(=C\CCO)/C(=C/[Si](C)(C)C)C(C)C. The lowest BCUT2D eigenvalue weighted by molar-refractivity contribution is 0.302. The fraction of sp³-hybridized carbons (Fsp3) is 0.692. The van der Waals surface area contributed by atoms with E-state index in [-0.39, 0.29) is 6.61 Å². The summed E-state index contributed by atoms with van der Waals surface area (Å²) in [4.78, 5) is 0. The van der Waals surface area contributed by atoms with Gasteiger partial charge in [0.2, 0.25) is 0 Å². The van der Waals surface area contributed by atoms with Crippen LogP contribution in [0.3, 0.4) is 0 Å². The number of rotatable bonds is 5. The summed E-state index contributed by atoms with van der Waals surface area (Å²) in [5.74, 6) is 0.576. The van der Waals surface area contributed by atoms with E-state index in [0.717, 1.165) is 6.42 Å². The largest absolute Gasteiger partial charge is 0.396 e. The van der Waals surface area contributed by atoms with Gasteiger partial charge in [-0.3, -0.25) is 0 Å². The summed E-state index contributed by atoms with van der Waals surface area (Å²) in [6.45, 7) is 13.9. The van der Waals surface area contributed by atoms with Crippen LogP contribution in [-0.2, 0) is 0 Å². The first-order valence-corrected chi connectivity index (χ1v) is 9.36. The highest BCUT2D eigenvalue weighted by Gasteiger charge is 2.13. The van der Waals surface area contributed by atoms with Gasteiger partial charge in [0.25, 0.3) is 0 Å². The van der Waals surface area contributed by atoms with E-state index in [0.29, 0.717) is 5.92 Å². The minimum atomic E-state index is -1.15. The molecule has 0 saturated carbocycles. The highest BCUT2D eigenvalue weighted by Crippen LogP contribution is 2.22. The van der Waals surface area contributed by atoms with Crippen molar-refractivity contribution in [2.24, 2.45) is 5.92 Å². The molecule has 0 fully saturated rings. The number of hydrogen-bond acceptors (Lipinski definition) is 1. The molecule has 0 spiro atoms. The second-order valence-electron chi connectivity index (χ2n) is 5.52. The molecule has 0 aliphatic heterocycles. The first-order valence-electron chi connectivity index (χ1n) is 5.78. The third-order valence-corrected chi connectivity index (χ3v) is 3.42. The first kappa shape index (κ1) is 14.7. The topological polar surface area (TPSA) is 20.2 Å². The molecule has 0 aromatic heterocycles. The van der Waals surface area contributed by atoms with Crippen LogP contribution in [0.4, 0.5) is 0 Å². The number of aliphatic hydroxyl groups excluding tert-OH is 1. The minimum Gasteiger partial charge on any atom is -0.396 e. The maximum atomic E-state index is 8.81. The zero-order valence-electron chi connectivity index (χ0n) is 11.1. The second-order valence-corrected chi connectivity index (χ2v) is 10.5. The fourth-order valence-electron chi connectivity index (χ4n) is 1.60. The lowest BCUT2D eigenvalue weighted by atomic mass is 9.97. The molecule has 0 heterocycles. The van der Waals surface area contributed by atoms with Crippen molar-refractivity contribution in [3.63, 3.8) is 0 Å². The summed E-state index contributed by atoms with van der Waals surface area (Å²) < 4.78 is 0. The van der Waals surface area contributed by atoms with Crippen molar-refractivity contribution in [2.75, 3.05) is 6.61 Å². The summed E-state index contributed by atoms with van der Waals surface area (Å²) in [6.07, 6.45) is 2.91. The van der Waals surface area contributed by atoms with Gasteiger partial charge in [0.15, 0.2) is 0 Å². The van der Waals surface area contributed by atoms with Gasteiger partial charge >= 0.3 is 0 Å². The maximum Gasteiger partial charge on any atom is 0.0690 e. The van der Waals surface area contributed by atoms with Gasteiger partial charge in [-0.1, -0.05) is 56.4 Å². The van der Waals surface area contributed by atoms with E-state index in [1.807, 2.05) is 0 Å². The Kier molecular flexibility index (Phi) is 6.14. The quantitative estimate of drug-likeness (QED) is 0.559. The lowest BCUT2D eigenvalue weighted by Crippen LogP contribution is -2.18. The van der Waals surface area contributed by atoms with E-state index in [1.165, 1.54) is 11.1 Å². The molecule has 15 heavy (non-hydrogen) atoms. The van der Waals surface area contributed by atoms with E-state index in [1.54, 1.807) is 0 Å². The Hall–Kier alpha value is -0.343. The molecule has 0 rings (SSSR count). The molecule has 0 atom stereocenters. The van der Waals surface area contributed by atoms with Gasteiger partial charge in [-0.2, -0.15) is 0 Å². The van der Waals surface area contributed by atoms with Crippen molar-refractivity contribution in [1.82, 2.24) is 0 Å². The van der Waals surface area contributed by atoms with Crippen LogP contribution < -0.4 is 0 Å². The molecule has 1 nitrogen and oxygen atoms in total. The van der Waals surface area contributed by atoms with E-state index in [4.69, 9.17) is 5.11 Å². The van der Waals surface area contributed by atoms with Crippen molar-refractivity contribution in [2.45, 2.75) is 46.8 Å². The zero-order chi connectivity index (χ0) is 12.1. The van der Waals surface area contributed by atoms with Crippen LogP contribution in [0.25, 0.3) is 0 Å². The molecule has 1 N–H and O–H groups in total. The molecule has 0 aromatic rings. The van der Waals surface area contributed by atoms with Crippen molar-refractivity contribution >= 4 is 8.07 Å². The van der Waals surface area contributed by atoms with Crippen LogP contribution in [0.5, 0.6) is 0 Å². The molecule has 2 heteroatoms. The van der Waals surface area contributed by atoms with Crippen molar-refractivity contribution in [3.8, 4) is 0 Å². The fourth-order valence-corrected chi connectivity index (χ4v) is 3.10. The van der Waals surface area contributed by atoms with E-state index in [2.05, 4.69) is 52.2 Å². The molecule has 0 bridgehead atoms. The highest BCUT2D eigenvalue weighted by molar-refractivity contribution is 6.81. The summed E-state index contributed by atoms with van der Waals surface area (Å²) in [6, 6.07) is 0. The Labute approximate surface area is 95.9 Å². The minimum absolute atomic E-state index is 0.246. The molecule has 0 unspecified atom stereocenters. The molecule has 0 aliphatic rings. The Morgan fingerprint density at radius 2 is 1.80 bits per heavy atom. The normalized spacial score (nSPS) is 14.9. The molecule has 0 amide bonds. The standard InChI is InChI=1S/C13H26OSi/c1-11(2)13(10-15(4,5)6)12(3)8-7-9-14/h8,10-11,14H,7,9H2,1-6H3/b12-8+,13-10+. The molecule has 0 aliphatic carbocycles. The predicted molar refractivity (Wildman–Crippen MR) is 71.7 cm³/mol. The van der Waals surface area contributed by atoms with Crippen LogP contribution in [0.1, 0.15) is 27.2 Å². The summed E-state index contributed by atoms with van der Waals surface area (Å²) in [7, 11) is -1.15. The maximum absolute atomic E-state index is 8.81. The first-order chi connectivity index (χ1) is 6.78. The van der Waals surface area contributed by atoms with Crippen molar-refractivity contribution in [1.29, 1.82) is 0 Å². The van der Waals surface area contributed by atoms with Gasteiger partial charge in [0.1, 0.15) is 0 Å². The summed E-state index contributed by atoms with van der Waals surface area (Å²) >= 11 is 0. The smallest absolute Gasteiger partial charge is 0.0690 e. The van der Waals surface area contributed by atoms with Crippen molar-refractivity contribution < 1.29 is 5.11 Å². The van der Waals surface area contributed by atoms with Gasteiger partial charge in [-0.15, -0.1) is 0 Å². The summed E-state index contributed by atoms with van der Waals surface area (Å²) in [5, 5.41) is 8.81. The number of aliphatic hydroxyl groups is 1. The average molecular weight is 226 g/mol. The van der Waals surface area contributed by atoms with Crippen LogP contribution in [0, 0.1) is 5.92 Å².